The van der Waals surface area contributed by atoms with E-state index in [1.165, 1.54) is 11.1 Å². The van der Waals surface area contributed by atoms with Crippen LogP contribution in [0.2, 0.25) is 0 Å². The fraction of sp³-hybridized carbons (Fsp3) is 0.278. The monoisotopic (exact) mass is 295 g/mol. The zero-order chi connectivity index (χ0) is 14.5. The molecular weight excluding hydrogens is 278 g/mol. The molecule has 0 radical (unpaired) electrons. The van der Waals surface area contributed by atoms with Crippen LogP contribution in [0.4, 0.5) is 0 Å². The second-order valence-electron chi connectivity index (χ2n) is 5.76. The van der Waals surface area contributed by atoms with Gasteiger partial charge in [0.15, 0.2) is 0 Å². The fourth-order valence-electron chi connectivity index (χ4n) is 3.51. The number of hydrogen-bond donors (Lipinski definition) is 0. The summed E-state index contributed by atoms with van der Waals surface area (Å²) in [5.41, 5.74) is 1.73. The largest absolute Gasteiger partial charge is 0.346 e. The zero-order valence-corrected chi connectivity index (χ0v) is 12.9. The number of rotatable bonds is 2. The van der Waals surface area contributed by atoms with Gasteiger partial charge in [-0.05, 0) is 25.0 Å². The molecule has 21 heavy (non-hydrogen) atoms. The van der Waals surface area contributed by atoms with E-state index < -0.39 is 5.60 Å². The summed E-state index contributed by atoms with van der Waals surface area (Å²) in [7, 11) is 0. The molecule has 2 aromatic carbocycles. The van der Waals surface area contributed by atoms with Crippen molar-refractivity contribution in [2.75, 3.05) is 0 Å². The standard InChI is InChI=1S/C18H17NOS/c1-13-19-17(2)16(21-13)20-18(17,14-9-5-3-6-10-14)15-11-7-4-8-12-15/h3-12,16H,1-2H3/t16-,17+/m0/s1. The minimum Gasteiger partial charge on any atom is -0.346 e. The Hall–Kier alpha value is -1.58. The molecule has 3 heteroatoms. The van der Waals surface area contributed by atoms with Gasteiger partial charge in [0, 0.05) is 0 Å². The van der Waals surface area contributed by atoms with Crippen molar-refractivity contribution >= 4 is 16.8 Å². The van der Waals surface area contributed by atoms with Crippen LogP contribution in [0, 0.1) is 0 Å². The molecule has 2 atom stereocenters. The zero-order valence-electron chi connectivity index (χ0n) is 12.1. The van der Waals surface area contributed by atoms with Crippen molar-refractivity contribution < 1.29 is 4.74 Å². The van der Waals surface area contributed by atoms with Crippen LogP contribution in [0.25, 0.3) is 0 Å². The highest BCUT2D eigenvalue weighted by Crippen LogP contribution is 2.62. The summed E-state index contributed by atoms with van der Waals surface area (Å²) in [6, 6.07) is 20.9. The highest BCUT2D eigenvalue weighted by Gasteiger charge is 2.69. The number of ether oxygens (including phenoxy) is 1. The number of fused-ring (bicyclic) bond motifs is 1. The summed E-state index contributed by atoms with van der Waals surface area (Å²) in [4.78, 5) is 4.95. The van der Waals surface area contributed by atoms with Crippen LogP contribution in [0.5, 0.6) is 0 Å². The van der Waals surface area contributed by atoms with E-state index in [0.717, 1.165) is 5.04 Å². The number of benzene rings is 2. The van der Waals surface area contributed by atoms with Gasteiger partial charge >= 0.3 is 0 Å². The van der Waals surface area contributed by atoms with Crippen LogP contribution in [0.3, 0.4) is 0 Å². The smallest absolute Gasteiger partial charge is 0.148 e. The first-order valence-corrected chi connectivity index (χ1v) is 8.07. The Morgan fingerprint density at radius 1 is 0.952 bits per heavy atom. The average Bonchev–Trinajstić information content (AvgIpc) is 2.74. The summed E-state index contributed by atoms with van der Waals surface area (Å²) in [6.07, 6.45) is 0. The summed E-state index contributed by atoms with van der Waals surface area (Å²) < 4.78 is 6.44. The van der Waals surface area contributed by atoms with Crippen molar-refractivity contribution in [3.8, 4) is 0 Å². The first kappa shape index (κ1) is 13.1. The van der Waals surface area contributed by atoms with E-state index in [1.54, 1.807) is 11.8 Å². The van der Waals surface area contributed by atoms with Crippen molar-refractivity contribution in [1.82, 2.24) is 0 Å². The van der Waals surface area contributed by atoms with Crippen LogP contribution in [0.1, 0.15) is 25.0 Å². The average molecular weight is 295 g/mol. The third-order valence-corrected chi connectivity index (χ3v) is 5.69. The Bertz CT molecular complexity index is 658. The van der Waals surface area contributed by atoms with E-state index in [1.807, 2.05) is 12.1 Å². The lowest BCUT2D eigenvalue weighted by atomic mass is 9.67. The highest BCUT2D eigenvalue weighted by molar-refractivity contribution is 8.14. The Morgan fingerprint density at radius 3 is 1.95 bits per heavy atom. The number of aliphatic imine (C=N–C) groups is 1. The molecule has 4 rings (SSSR count). The lowest BCUT2D eigenvalue weighted by Crippen LogP contribution is -2.67. The second-order valence-corrected chi connectivity index (χ2v) is 7.01. The highest BCUT2D eigenvalue weighted by atomic mass is 32.2. The van der Waals surface area contributed by atoms with E-state index in [0.29, 0.717) is 0 Å². The molecule has 0 saturated carbocycles. The lowest BCUT2D eigenvalue weighted by molar-refractivity contribution is -0.209. The third-order valence-electron chi connectivity index (χ3n) is 4.48. The molecule has 2 nitrogen and oxygen atoms in total. The van der Waals surface area contributed by atoms with Gasteiger partial charge in [-0.25, -0.2) is 0 Å². The molecule has 0 N–H and O–H groups in total. The predicted molar refractivity (Wildman–Crippen MR) is 87.6 cm³/mol. The van der Waals surface area contributed by atoms with Gasteiger partial charge in [-0.2, -0.15) is 0 Å². The van der Waals surface area contributed by atoms with E-state index in [9.17, 15) is 0 Å². The maximum atomic E-state index is 6.44. The molecular formula is C18H17NOS. The van der Waals surface area contributed by atoms with Crippen molar-refractivity contribution in [3.05, 3.63) is 71.8 Å². The molecule has 0 bridgehead atoms. The molecule has 2 aliphatic rings. The third kappa shape index (κ3) is 1.62. The normalized spacial score (nSPS) is 29.4. The Labute approximate surface area is 129 Å². The number of hydrogen-bond acceptors (Lipinski definition) is 3. The molecule has 0 spiro atoms. The van der Waals surface area contributed by atoms with Crippen molar-refractivity contribution in [3.63, 3.8) is 0 Å². The topological polar surface area (TPSA) is 21.6 Å². The van der Waals surface area contributed by atoms with Crippen LogP contribution >= 0.6 is 11.8 Å². The first-order valence-electron chi connectivity index (χ1n) is 7.19. The van der Waals surface area contributed by atoms with Crippen molar-refractivity contribution in [1.29, 1.82) is 0 Å². The van der Waals surface area contributed by atoms with Gasteiger partial charge in [0.2, 0.25) is 0 Å². The van der Waals surface area contributed by atoms with Crippen LogP contribution < -0.4 is 0 Å². The van der Waals surface area contributed by atoms with Crippen LogP contribution in [0.15, 0.2) is 65.7 Å². The fourth-order valence-corrected chi connectivity index (χ4v) is 4.71. The van der Waals surface area contributed by atoms with E-state index in [4.69, 9.17) is 9.73 Å². The van der Waals surface area contributed by atoms with Crippen molar-refractivity contribution in [2.24, 2.45) is 4.99 Å². The second kappa shape index (κ2) is 4.46. The maximum Gasteiger partial charge on any atom is 0.148 e. The molecule has 2 aliphatic heterocycles. The molecule has 0 aromatic heterocycles. The molecule has 0 unspecified atom stereocenters. The molecule has 2 aromatic rings. The van der Waals surface area contributed by atoms with Gasteiger partial charge in [0.05, 0.1) is 5.04 Å². The number of thioether (sulfide) groups is 1. The maximum absolute atomic E-state index is 6.44. The Kier molecular flexibility index (Phi) is 2.78. The van der Waals surface area contributed by atoms with Gasteiger partial charge in [0.25, 0.3) is 0 Å². The summed E-state index contributed by atoms with van der Waals surface area (Å²) in [5, 5.41) is 1.11. The SMILES string of the molecule is CC1=N[C@]2(C)[C@@H](OC2(c2ccccc2)c2ccccc2)S1. The lowest BCUT2D eigenvalue weighted by Gasteiger charge is -2.57. The molecule has 0 aliphatic carbocycles. The molecule has 106 valence electrons. The van der Waals surface area contributed by atoms with E-state index in [-0.39, 0.29) is 11.0 Å². The predicted octanol–water partition coefficient (Wildman–Crippen LogP) is 4.21. The van der Waals surface area contributed by atoms with Gasteiger partial charge in [-0.15, -0.1) is 0 Å². The van der Waals surface area contributed by atoms with Crippen LogP contribution in [-0.2, 0) is 10.3 Å². The van der Waals surface area contributed by atoms with Crippen LogP contribution in [-0.4, -0.2) is 16.0 Å². The van der Waals surface area contributed by atoms with E-state index >= 15 is 0 Å². The van der Waals surface area contributed by atoms with Gasteiger partial charge in [0.1, 0.15) is 16.6 Å². The number of nitrogens with zero attached hydrogens (tertiary/aromatic N) is 1. The Balaban J connectivity index is 1.94. The van der Waals surface area contributed by atoms with Gasteiger partial charge in [-0.1, -0.05) is 72.4 Å². The Morgan fingerprint density at radius 2 is 1.48 bits per heavy atom. The summed E-state index contributed by atoms with van der Waals surface area (Å²) in [6.45, 7) is 4.28. The molecule has 1 fully saturated rings. The molecule has 1 saturated heterocycles. The minimum absolute atomic E-state index is 0.109. The summed E-state index contributed by atoms with van der Waals surface area (Å²) >= 11 is 1.73. The molecule has 2 heterocycles. The minimum atomic E-state index is -0.481. The first-order chi connectivity index (χ1) is 10.2. The van der Waals surface area contributed by atoms with Gasteiger partial charge in [-0.3, -0.25) is 4.99 Å². The summed E-state index contributed by atoms with van der Waals surface area (Å²) in [5.74, 6) is 0. The van der Waals surface area contributed by atoms with Crippen molar-refractivity contribution in [2.45, 2.75) is 30.4 Å². The quantitative estimate of drug-likeness (QED) is 0.827. The molecule has 0 amide bonds. The van der Waals surface area contributed by atoms with E-state index in [2.05, 4.69) is 62.4 Å². The van der Waals surface area contributed by atoms with Gasteiger partial charge < -0.3 is 4.74 Å².